The van der Waals surface area contributed by atoms with Crippen molar-refractivity contribution in [2.45, 2.75) is 6.92 Å². The summed E-state index contributed by atoms with van der Waals surface area (Å²) in [6.45, 7) is 2.53. The van der Waals surface area contributed by atoms with Gasteiger partial charge in [0.1, 0.15) is 24.5 Å². The van der Waals surface area contributed by atoms with Crippen molar-refractivity contribution in [1.82, 2.24) is 5.32 Å². The highest BCUT2D eigenvalue weighted by molar-refractivity contribution is 6.39. The third-order valence-corrected chi connectivity index (χ3v) is 5.25. The van der Waals surface area contributed by atoms with Crippen molar-refractivity contribution < 1.29 is 28.6 Å². The number of imide groups is 2. The third-order valence-electron chi connectivity index (χ3n) is 5.25. The van der Waals surface area contributed by atoms with E-state index < -0.39 is 17.8 Å². The zero-order valence-electron chi connectivity index (χ0n) is 19.3. The van der Waals surface area contributed by atoms with Gasteiger partial charge in [-0.25, -0.2) is 9.69 Å². The first-order chi connectivity index (χ1) is 17.0. The number of carbonyl (C=O) groups excluding carboxylic acids is 3. The van der Waals surface area contributed by atoms with E-state index >= 15 is 0 Å². The molecule has 1 aliphatic rings. The summed E-state index contributed by atoms with van der Waals surface area (Å²) in [6.07, 6.45) is 1.41. The fraction of sp³-hybridized carbons (Fsp3) is 0.148. The quantitative estimate of drug-likeness (QED) is 0.301. The Labute approximate surface area is 202 Å². The highest BCUT2D eigenvalue weighted by atomic mass is 16.5. The molecule has 0 spiro atoms. The van der Waals surface area contributed by atoms with Crippen LogP contribution in [0.15, 0.2) is 78.4 Å². The van der Waals surface area contributed by atoms with Crippen LogP contribution in [-0.2, 0) is 9.59 Å². The number of rotatable bonds is 8. The molecule has 8 heteroatoms. The Kier molecular flexibility index (Phi) is 7.11. The molecule has 1 heterocycles. The van der Waals surface area contributed by atoms with E-state index in [-0.39, 0.29) is 5.57 Å². The number of anilines is 1. The lowest BCUT2D eigenvalue weighted by molar-refractivity contribution is -0.122. The topological polar surface area (TPSA) is 94.2 Å². The Hall–Kier alpha value is -4.59. The van der Waals surface area contributed by atoms with Crippen LogP contribution in [0.25, 0.3) is 6.08 Å². The predicted molar refractivity (Wildman–Crippen MR) is 131 cm³/mol. The SMILES string of the molecule is COc1cc(C=C2C(=O)NC(=O)N(c3ccc(C)cc3)C2=O)ccc1OCCOc1ccccc1. The molecule has 0 radical (unpaired) electrons. The molecule has 1 fully saturated rings. The molecule has 1 aliphatic heterocycles. The number of para-hydroxylation sites is 1. The van der Waals surface area contributed by atoms with Crippen molar-refractivity contribution in [3.05, 3.63) is 89.5 Å². The number of hydrogen-bond acceptors (Lipinski definition) is 6. The van der Waals surface area contributed by atoms with Gasteiger partial charge in [-0.1, -0.05) is 42.0 Å². The molecule has 3 aromatic carbocycles. The lowest BCUT2D eigenvalue weighted by Crippen LogP contribution is -2.54. The molecule has 8 nitrogen and oxygen atoms in total. The highest BCUT2D eigenvalue weighted by Crippen LogP contribution is 2.30. The Balaban J connectivity index is 1.49. The zero-order valence-corrected chi connectivity index (χ0v) is 19.3. The lowest BCUT2D eigenvalue weighted by atomic mass is 10.1. The van der Waals surface area contributed by atoms with Gasteiger partial charge in [0.25, 0.3) is 11.8 Å². The molecule has 3 aromatic rings. The van der Waals surface area contributed by atoms with Crippen LogP contribution >= 0.6 is 0 Å². The number of hydrogen-bond donors (Lipinski definition) is 1. The minimum atomic E-state index is -0.792. The van der Waals surface area contributed by atoms with Gasteiger partial charge in [-0.2, -0.15) is 0 Å². The van der Waals surface area contributed by atoms with Gasteiger partial charge in [0, 0.05) is 0 Å². The number of amides is 4. The van der Waals surface area contributed by atoms with Gasteiger partial charge in [-0.05, 0) is 55.0 Å². The molecule has 178 valence electrons. The largest absolute Gasteiger partial charge is 0.493 e. The summed E-state index contributed by atoms with van der Waals surface area (Å²) in [4.78, 5) is 38.8. The van der Waals surface area contributed by atoms with Gasteiger partial charge in [0.15, 0.2) is 11.5 Å². The van der Waals surface area contributed by atoms with Gasteiger partial charge >= 0.3 is 6.03 Å². The normalized spacial score (nSPS) is 14.6. The van der Waals surface area contributed by atoms with Gasteiger partial charge < -0.3 is 14.2 Å². The average Bonchev–Trinajstić information content (AvgIpc) is 2.86. The molecule has 0 atom stereocenters. The van der Waals surface area contributed by atoms with Gasteiger partial charge in [-0.15, -0.1) is 0 Å². The summed E-state index contributed by atoms with van der Waals surface area (Å²) in [5, 5.41) is 2.22. The number of carbonyl (C=O) groups is 3. The Bertz CT molecular complexity index is 1270. The standard InChI is InChI=1S/C27H24N2O6/c1-18-8-11-20(12-9-18)29-26(31)22(25(30)28-27(29)32)16-19-10-13-23(24(17-19)33-2)35-15-14-34-21-6-4-3-5-7-21/h3-13,16-17H,14-15H2,1-2H3,(H,28,30,32). The van der Waals surface area contributed by atoms with Crippen LogP contribution in [0.2, 0.25) is 0 Å². The monoisotopic (exact) mass is 472 g/mol. The molecule has 0 unspecified atom stereocenters. The van der Waals surface area contributed by atoms with E-state index in [0.717, 1.165) is 16.2 Å². The lowest BCUT2D eigenvalue weighted by Gasteiger charge is -2.26. The molecule has 35 heavy (non-hydrogen) atoms. The maximum Gasteiger partial charge on any atom is 0.335 e. The van der Waals surface area contributed by atoms with Gasteiger partial charge in [0.05, 0.1) is 12.8 Å². The van der Waals surface area contributed by atoms with Crippen LogP contribution in [0, 0.1) is 6.92 Å². The van der Waals surface area contributed by atoms with Crippen molar-refractivity contribution in [1.29, 1.82) is 0 Å². The summed E-state index contributed by atoms with van der Waals surface area (Å²) in [5.41, 5.74) is 1.71. The molecule has 4 amide bonds. The van der Waals surface area contributed by atoms with E-state index in [1.54, 1.807) is 42.5 Å². The molecule has 4 rings (SSSR count). The number of ether oxygens (including phenoxy) is 3. The fourth-order valence-electron chi connectivity index (χ4n) is 3.47. The third kappa shape index (κ3) is 5.50. The summed E-state index contributed by atoms with van der Waals surface area (Å²) in [7, 11) is 1.50. The van der Waals surface area contributed by atoms with Crippen LogP contribution in [0.4, 0.5) is 10.5 Å². The van der Waals surface area contributed by atoms with E-state index in [1.165, 1.54) is 13.2 Å². The fourth-order valence-corrected chi connectivity index (χ4v) is 3.47. The molecular weight excluding hydrogens is 448 g/mol. The van der Waals surface area contributed by atoms with E-state index in [4.69, 9.17) is 14.2 Å². The number of urea groups is 1. The van der Waals surface area contributed by atoms with Crippen molar-refractivity contribution in [2.24, 2.45) is 0 Å². The van der Waals surface area contributed by atoms with Crippen molar-refractivity contribution in [2.75, 3.05) is 25.2 Å². The Morgan fingerprint density at radius 3 is 2.29 bits per heavy atom. The second kappa shape index (κ2) is 10.6. The van der Waals surface area contributed by atoms with E-state index in [2.05, 4.69) is 5.32 Å². The van der Waals surface area contributed by atoms with Gasteiger partial charge in [-0.3, -0.25) is 14.9 Å². The smallest absolute Gasteiger partial charge is 0.335 e. The van der Waals surface area contributed by atoms with Crippen LogP contribution in [-0.4, -0.2) is 38.2 Å². The number of benzene rings is 3. The average molecular weight is 472 g/mol. The van der Waals surface area contributed by atoms with E-state index in [9.17, 15) is 14.4 Å². The summed E-state index contributed by atoms with van der Waals surface area (Å²) in [5.74, 6) is 0.190. The molecule has 1 saturated heterocycles. The maximum absolute atomic E-state index is 13.1. The molecular formula is C27H24N2O6. The summed E-state index contributed by atoms with van der Waals surface area (Å²) in [6, 6.07) is 20.5. The van der Waals surface area contributed by atoms with Crippen molar-refractivity contribution in [3.63, 3.8) is 0 Å². The summed E-state index contributed by atoms with van der Waals surface area (Å²) >= 11 is 0. The second-order valence-electron chi connectivity index (χ2n) is 7.71. The molecule has 1 N–H and O–H groups in total. The molecule has 0 aliphatic carbocycles. The minimum absolute atomic E-state index is 0.169. The molecule has 0 aromatic heterocycles. The van der Waals surface area contributed by atoms with E-state index in [1.807, 2.05) is 37.3 Å². The maximum atomic E-state index is 13.1. The van der Waals surface area contributed by atoms with Crippen LogP contribution in [0.1, 0.15) is 11.1 Å². The van der Waals surface area contributed by atoms with Crippen LogP contribution in [0.5, 0.6) is 17.2 Å². The number of nitrogens with one attached hydrogen (secondary N) is 1. The predicted octanol–water partition coefficient (Wildman–Crippen LogP) is 4.13. The number of methoxy groups -OCH3 is 1. The van der Waals surface area contributed by atoms with Crippen LogP contribution in [0.3, 0.4) is 0 Å². The number of nitrogens with zero attached hydrogens (tertiary/aromatic N) is 1. The molecule has 0 bridgehead atoms. The first-order valence-electron chi connectivity index (χ1n) is 10.9. The van der Waals surface area contributed by atoms with Crippen molar-refractivity contribution >= 4 is 29.6 Å². The summed E-state index contributed by atoms with van der Waals surface area (Å²) < 4.78 is 16.8. The Morgan fingerprint density at radius 1 is 0.857 bits per heavy atom. The highest BCUT2D eigenvalue weighted by Gasteiger charge is 2.36. The number of aryl methyl sites for hydroxylation is 1. The van der Waals surface area contributed by atoms with Crippen molar-refractivity contribution in [3.8, 4) is 17.2 Å². The Morgan fingerprint density at radius 2 is 1.57 bits per heavy atom. The van der Waals surface area contributed by atoms with Crippen LogP contribution < -0.4 is 24.4 Å². The van der Waals surface area contributed by atoms with Gasteiger partial charge in [0.2, 0.25) is 0 Å². The molecule has 0 saturated carbocycles. The second-order valence-corrected chi connectivity index (χ2v) is 7.71. The van der Waals surface area contributed by atoms with E-state index in [0.29, 0.717) is 36.0 Å². The number of barbiturate groups is 1. The zero-order chi connectivity index (χ0) is 24.8. The first kappa shape index (κ1) is 23.6. The first-order valence-corrected chi connectivity index (χ1v) is 10.9. The minimum Gasteiger partial charge on any atom is -0.493 e.